The van der Waals surface area contributed by atoms with E-state index in [0.29, 0.717) is 47.6 Å². The summed E-state index contributed by atoms with van der Waals surface area (Å²) in [6.07, 6.45) is 2.27. The van der Waals surface area contributed by atoms with E-state index in [2.05, 4.69) is 21.3 Å². The van der Waals surface area contributed by atoms with Crippen molar-refractivity contribution in [1.82, 2.24) is 15.2 Å². The topological polar surface area (TPSA) is 110 Å². The highest BCUT2D eigenvalue weighted by molar-refractivity contribution is 7.99. The van der Waals surface area contributed by atoms with Gasteiger partial charge in [0.25, 0.3) is 5.91 Å². The number of rotatable bonds is 5. The summed E-state index contributed by atoms with van der Waals surface area (Å²) >= 11 is 1.53. The van der Waals surface area contributed by atoms with E-state index in [1.54, 1.807) is 12.3 Å². The number of thioether (sulfide) groups is 1. The van der Waals surface area contributed by atoms with Crippen LogP contribution < -0.4 is 10.2 Å². The maximum atomic E-state index is 12.8. The van der Waals surface area contributed by atoms with Crippen LogP contribution in [0.2, 0.25) is 0 Å². The van der Waals surface area contributed by atoms with Crippen molar-refractivity contribution < 1.29 is 14.7 Å². The van der Waals surface area contributed by atoms with E-state index in [1.165, 1.54) is 16.7 Å². The van der Waals surface area contributed by atoms with Crippen molar-refractivity contribution in [3.05, 3.63) is 36.0 Å². The first-order valence-corrected chi connectivity index (χ1v) is 11.0. The molecule has 9 heteroatoms. The number of aliphatic hydroxyl groups is 1. The number of hydrogen-bond acceptors (Lipinski definition) is 7. The average Bonchev–Trinajstić information content (AvgIpc) is 3.23. The van der Waals surface area contributed by atoms with Crippen LogP contribution in [0.3, 0.4) is 0 Å². The van der Waals surface area contributed by atoms with Gasteiger partial charge in [0.15, 0.2) is 0 Å². The number of nitriles is 1. The number of carbonyl (C=O) groups is 2. The number of fused-ring (bicyclic) bond motifs is 1. The van der Waals surface area contributed by atoms with E-state index < -0.39 is 11.6 Å². The zero-order chi connectivity index (χ0) is 21.3. The molecular weight excluding hydrogens is 402 g/mol. The Labute approximate surface area is 178 Å². The predicted octanol–water partition coefficient (Wildman–Crippen LogP) is 1.35. The Morgan fingerprint density at radius 2 is 2.20 bits per heavy atom. The van der Waals surface area contributed by atoms with Gasteiger partial charge in [-0.2, -0.15) is 5.26 Å². The van der Waals surface area contributed by atoms with E-state index in [-0.39, 0.29) is 18.4 Å². The molecule has 2 fully saturated rings. The molecule has 156 valence electrons. The van der Waals surface area contributed by atoms with Gasteiger partial charge < -0.3 is 20.2 Å². The maximum Gasteiger partial charge on any atom is 0.252 e. The molecule has 2 amide bonds. The minimum absolute atomic E-state index is 0.156. The molecule has 1 atom stereocenters. The maximum absolute atomic E-state index is 12.8. The third kappa shape index (κ3) is 3.80. The van der Waals surface area contributed by atoms with Crippen LogP contribution in [0.25, 0.3) is 10.9 Å². The smallest absolute Gasteiger partial charge is 0.252 e. The second-order valence-corrected chi connectivity index (χ2v) is 8.68. The van der Waals surface area contributed by atoms with Crippen LogP contribution in [0, 0.1) is 11.3 Å². The second kappa shape index (κ2) is 8.13. The molecule has 2 saturated heterocycles. The molecule has 1 aromatic heterocycles. The van der Waals surface area contributed by atoms with Gasteiger partial charge in [-0.1, -0.05) is 6.92 Å². The number of benzene rings is 1. The van der Waals surface area contributed by atoms with Crippen LogP contribution in [0.15, 0.2) is 30.5 Å². The molecule has 2 aliphatic rings. The Morgan fingerprint density at radius 1 is 1.40 bits per heavy atom. The molecule has 2 aromatic rings. The minimum atomic E-state index is -0.653. The molecule has 0 spiro atoms. The van der Waals surface area contributed by atoms with Gasteiger partial charge >= 0.3 is 0 Å². The number of hydrogen-bond donors (Lipinski definition) is 2. The molecule has 2 N–H and O–H groups in total. The first kappa shape index (κ1) is 20.4. The fraction of sp³-hybridized carbons (Fsp3) is 0.429. The van der Waals surface area contributed by atoms with Gasteiger partial charge in [0.05, 0.1) is 35.2 Å². The Kier molecular flexibility index (Phi) is 5.54. The monoisotopic (exact) mass is 425 g/mol. The number of amides is 2. The normalized spacial score (nSPS) is 20.0. The lowest BCUT2D eigenvalue weighted by molar-refractivity contribution is -0.129. The van der Waals surface area contributed by atoms with Crippen LogP contribution in [0.1, 0.15) is 23.7 Å². The van der Waals surface area contributed by atoms with Crippen molar-refractivity contribution in [3.8, 4) is 6.07 Å². The number of carbonyl (C=O) groups excluding carboxylic acids is 2. The minimum Gasteiger partial charge on any atom is -0.386 e. The van der Waals surface area contributed by atoms with Gasteiger partial charge in [0.2, 0.25) is 5.91 Å². The van der Waals surface area contributed by atoms with Crippen molar-refractivity contribution in [3.63, 3.8) is 0 Å². The highest BCUT2D eigenvalue weighted by Crippen LogP contribution is 2.32. The quantitative estimate of drug-likeness (QED) is 0.744. The fourth-order valence-electron chi connectivity index (χ4n) is 3.75. The summed E-state index contributed by atoms with van der Waals surface area (Å²) in [4.78, 5) is 33.1. The number of anilines is 1. The molecule has 4 rings (SSSR count). The van der Waals surface area contributed by atoms with Crippen molar-refractivity contribution in [2.45, 2.75) is 25.0 Å². The van der Waals surface area contributed by atoms with Crippen LogP contribution in [0.4, 0.5) is 5.69 Å². The van der Waals surface area contributed by atoms with Crippen LogP contribution in [0.5, 0.6) is 0 Å². The zero-order valence-electron chi connectivity index (χ0n) is 16.7. The summed E-state index contributed by atoms with van der Waals surface area (Å²) in [7, 11) is 0. The van der Waals surface area contributed by atoms with Crippen LogP contribution in [-0.4, -0.2) is 69.7 Å². The Morgan fingerprint density at radius 3 is 2.93 bits per heavy atom. The SMILES string of the molecule is CCC1(O)CN(c2ccc3nccc(C(=O)NCC(=O)N4CSCC4C#N)c3c2)C1. The van der Waals surface area contributed by atoms with Gasteiger partial charge in [-0.25, -0.2) is 0 Å². The van der Waals surface area contributed by atoms with Gasteiger partial charge in [0.1, 0.15) is 6.04 Å². The molecule has 3 heterocycles. The standard InChI is InChI=1S/C21H23N5O3S/c1-2-21(29)11-25(12-21)14-3-4-18-17(7-14)16(5-6-23-18)20(28)24-9-19(27)26-13-30-10-15(26)8-22/h3-7,15,29H,2,9-13H2,1H3,(H,24,28). The molecule has 0 saturated carbocycles. The predicted molar refractivity (Wildman–Crippen MR) is 115 cm³/mol. The number of nitrogens with zero attached hydrogens (tertiary/aromatic N) is 4. The summed E-state index contributed by atoms with van der Waals surface area (Å²) < 4.78 is 0. The molecule has 8 nitrogen and oxygen atoms in total. The van der Waals surface area contributed by atoms with E-state index in [4.69, 9.17) is 5.26 Å². The van der Waals surface area contributed by atoms with Gasteiger partial charge in [0, 0.05) is 36.1 Å². The van der Waals surface area contributed by atoms with Crippen molar-refractivity contribution in [2.24, 2.45) is 0 Å². The third-order valence-corrected chi connectivity index (χ3v) is 6.73. The Balaban J connectivity index is 1.49. The molecule has 0 radical (unpaired) electrons. The van der Waals surface area contributed by atoms with Crippen LogP contribution in [-0.2, 0) is 4.79 Å². The van der Waals surface area contributed by atoms with E-state index in [9.17, 15) is 14.7 Å². The van der Waals surface area contributed by atoms with Crippen molar-refractivity contribution in [2.75, 3.05) is 36.2 Å². The zero-order valence-corrected chi connectivity index (χ0v) is 17.5. The summed E-state index contributed by atoms with van der Waals surface area (Å²) in [5.41, 5.74) is 1.39. The number of β-amino-alcohol motifs (C(OH)–C–C–N with tert-alkyl or cyclic N) is 1. The Bertz CT molecular complexity index is 1030. The number of pyridine rings is 1. The highest BCUT2D eigenvalue weighted by atomic mass is 32.2. The molecule has 30 heavy (non-hydrogen) atoms. The number of nitrogens with one attached hydrogen (secondary N) is 1. The summed E-state index contributed by atoms with van der Waals surface area (Å²) in [5, 5.41) is 22.8. The molecule has 1 aromatic carbocycles. The lowest BCUT2D eigenvalue weighted by Gasteiger charge is -2.47. The van der Waals surface area contributed by atoms with Gasteiger partial charge in [-0.3, -0.25) is 14.6 Å². The van der Waals surface area contributed by atoms with Gasteiger partial charge in [-0.15, -0.1) is 11.8 Å². The van der Waals surface area contributed by atoms with Crippen molar-refractivity contribution >= 4 is 40.2 Å². The van der Waals surface area contributed by atoms with Gasteiger partial charge in [-0.05, 0) is 30.7 Å². The van der Waals surface area contributed by atoms with Crippen LogP contribution >= 0.6 is 11.8 Å². The molecule has 2 aliphatic heterocycles. The fourth-order valence-corrected chi connectivity index (χ4v) is 4.85. The first-order valence-electron chi connectivity index (χ1n) is 9.85. The number of aromatic nitrogens is 1. The molecule has 1 unspecified atom stereocenters. The molecular formula is C21H23N5O3S. The first-order chi connectivity index (χ1) is 14.4. The lowest BCUT2D eigenvalue weighted by Crippen LogP contribution is -2.61. The largest absolute Gasteiger partial charge is 0.386 e. The lowest BCUT2D eigenvalue weighted by atomic mass is 9.90. The molecule has 0 aliphatic carbocycles. The highest BCUT2D eigenvalue weighted by Gasteiger charge is 2.39. The average molecular weight is 426 g/mol. The van der Waals surface area contributed by atoms with E-state index in [0.717, 1.165) is 5.69 Å². The third-order valence-electron chi connectivity index (χ3n) is 5.72. The van der Waals surface area contributed by atoms with Crippen molar-refractivity contribution in [1.29, 1.82) is 5.26 Å². The molecule has 0 bridgehead atoms. The van der Waals surface area contributed by atoms with E-state index in [1.807, 2.05) is 25.1 Å². The summed E-state index contributed by atoms with van der Waals surface area (Å²) in [6.45, 7) is 2.92. The Hall–Kier alpha value is -2.83. The summed E-state index contributed by atoms with van der Waals surface area (Å²) in [6, 6.07) is 9.00. The summed E-state index contributed by atoms with van der Waals surface area (Å²) in [5.74, 6) is 0.437. The van der Waals surface area contributed by atoms with E-state index >= 15 is 0 Å². The second-order valence-electron chi connectivity index (χ2n) is 7.68.